The molecule has 0 bridgehead atoms. The minimum atomic E-state index is -5.81. The fraction of sp³-hybridized carbons (Fsp3) is 0.667. The molecule has 1 atom stereocenters. The fourth-order valence-electron chi connectivity index (χ4n) is 0.755. The van der Waals surface area contributed by atoms with Gasteiger partial charge in [0.15, 0.2) is 0 Å². The van der Waals surface area contributed by atoms with Gasteiger partial charge in [0.25, 0.3) is 0 Å². The molecule has 17 heavy (non-hydrogen) atoms. The highest BCUT2D eigenvalue weighted by Crippen LogP contribution is 2.22. The lowest BCUT2D eigenvalue weighted by Crippen LogP contribution is -2.46. The largest absolute Gasteiger partial charge is 0.511 e. The quantitative estimate of drug-likeness (QED) is 0.616. The molecule has 0 saturated carbocycles. The monoisotopic (exact) mass is 279 g/mol. The van der Waals surface area contributed by atoms with E-state index >= 15 is 0 Å². The van der Waals surface area contributed by atoms with Crippen molar-refractivity contribution in [1.29, 1.82) is 0 Å². The molecule has 0 fully saturated rings. The van der Waals surface area contributed by atoms with Gasteiger partial charge >= 0.3 is 27.5 Å². The summed E-state index contributed by atoms with van der Waals surface area (Å²) in [6.07, 6.45) is -1.57. The predicted molar refractivity (Wildman–Crippen MR) is 46.4 cm³/mol. The van der Waals surface area contributed by atoms with Crippen LogP contribution in [0.2, 0.25) is 0 Å². The fourth-order valence-corrected chi connectivity index (χ4v) is 1.48. The highest BCUT2D eigenvalue weighted by molar-refractivity contribution is 7.90. The maximum absolute atomic E-state index is 11.9. The van der Waals surface area contributed by atoms with Crippen molar-refractivity contribution in [2.24, 2.45) is 0 Å². The molecule has 7 nitrogen and oxygen atoms in total. The van der Waals surface area contributed by atoms with E-state index in [0.29, 0.717) is 0 Å². The van der Waals surface area contributed by atoms with Gasteiger partial charge in [-0.2, -0.15) is 17.9 Å². The molecule has 0 aromatic rings. The molecule has 11 heteroatoms. The van der Waals surface area contributed by atoms with E-state index in [1.54, 1.807) is 0 Å². The summed E-state index contributed by atoms with van der Waals surface area (Å²) in [5, 5.41) is 16.6. The third-order valence-electron chi connectivity index (χ3n) is 1.55. The number of hydrogen-bond donors (Lipinski definition) is 3. The van der Waals surface area contributed by atoms with Crippen molar-refractivity contribution in [2.45, 2.75) is 24.4 Å². The Morgan fingerprint density at radius 2 is 1.71 bits per heavy atom. The summed E-state index contributed by atoms with van der Waals surface area (Å²) in [5.74, 6) is -3.35. The van der Waals surface area contributed by atoms with Gasteiger partial charge in [-0.05, 0) is 6.42 Å². The average Bonchev–Trinajstić information content (AvgIpc) is 2.09. The Labute approximate surface area is 93.3 Å². The molecule has 0 radical (unpaired) electrons. The maximum Gasteiger partial charge on any atom is 0.511 e. The Balaban J connectivity index is 4.79. The van der Waals surface area contributed by atoms with Crippen LogP contribution in [0.25, 0.3) is 0 Å². The average molecular weight is 279 g/mol. The predicted octanol–water partition coefficient (Wildman–Crippen LogP) is -0.256. The third kappa shape index (κ3) is 4.99. The summed E-state index contributed by atoms with van der Waals surface area (Å²) in [5.41, 5.74) is -5.65. The zero-order chi connectivity index (χ0) is 13.9. The van der Waals surface area contributed by atoms with Crippen LogP contribution in [0.15, 0.2) is 0 Å². The van der Waals surface area contributed by atoms with E-state index in [-0.39, 0.29) is 0 Å². The number of carboxylic acid groups (broad SMARTS) is 2. The van der Waals surface area contributed by atoms with Crippen molar-refractivity contribution in [3.8, 4) is 0 Å². The normalized spacial score (nSPS) is 14.3. The molecule has 0 aliphatic carbocycles. The highest BCUT2D eigenvalue weighted by Gasteiger charge is 2.47. The van der Waals surface area contributed by atoms with Crippen LogP contribution in [0, 0.1) is 0 Å². The summed E-state index contributed by atoms with van der Waals surface area (Å²) >= 11 is 0. The van der Waals surface area contributed by atoms with Crippen molar-refractivity contribution in [3.05, 3.63) is 0 Å². The Kier molecular flexibility index (Phi) is 4.89. The van der Waals surface area contributed by atoms with Crippen molar-refractivity contribution < 1.29 is 41.4 Å². The number of alkyl halides is 3. The van der Waals surface area contributed by atoms with Gasteiger partial charge in [0, 0.05) is 6.42 Å². The molecule has 100 valence electrons. The lowest BCUT2D eigenvalue weighted by Gasteiger charge is -2.15. The second-order valence-electron chi connectivity index (χ2n) is 2.89. The van der Waals surface area contributed by atoms with Crippen LogP contribution in [-0.2, 0) is 19.6 Å². The molecule has 0 aromatic heterocycles. The smallest absolute Gasteiger partial charge is 0.481 e. The van der Waals surface area contributed by atoms with Crippen LogP contribution in [0.5, 0.6) is 0 Å². The van der Waals surface area contributed by atoms with Crippen molar-refractivity contribution in [2.75, 3.05) is 0 Å². The molecule has 0 aliphatic rings. The van der Waals surface area contributed by atoms with Crippen molar-refractivity contribution in [1.82, 2.24) is 4.72 Å². The van der Waals surface area contributed by atoms with E-state index in [2.05, 4.69) is 0 Å². The molecule has 0 rings (SSSR count). The number of carbonyl (C=O) groups is 2. The van der Waals surface area contributed by atoms with Gasteiger partial charge in [-0.1, -0.05) is 0 Å². The van der Waals surface area contributed by atoms with Gasteiger partial charge in [0.05, 0.1) is 0 Å². The number of halogens is 3. The van der Waals surface area contributed by atoms with Crippen LogP contribution < -0.4 is 4.72 Å². The molecule has 0 unspecified atom stereocenters. The first-order valence-electron chi connectivity index (χ1n) is 4.00. The first-order chi connectivity index (χ1) is 7.47. The Morgan fingerprint density at radius 3 is 2.00 bits per heavy atom. The summed E-state index contributed by atoms with van der Waals surface area (Å²) in [4.78, 5) is 20.5. The zero-order valence-electron chi connectivity index (χ0n) is 8.06. The van der Waals surface area contributed by atoms with Gasteiger partial charge in [-0.15, -0.1) is 0 Å². The number of nitrogens with one attached hydrogen (secondary N) is 1. The molecule has 0 amide bonds. The van der Waals surface area contributed by atoms with Gasteiger partial charge in [0.2, 0.25) is 0 Å². The second-order valence-corrected chi connectivity index (χ2v) is 4.60. The SMILES string of the molecule is O=C(O)CC[C@H](NS(=O)(=O)C(F)(F)F)C(=O)O. The van der Waals surface area contributed by atoms with E-state index < -0.39 is 46.4 Å². The summed E-state index contributed by atoms with van der Waals surface area (Å²) in [6.45, 7) is 0. The van der Waals surface area contributed by atoms with Gasteiger partial charge in [-0.25, -0.2) is 8.42 Å². The summed E-state index contributed by atoms with van der Waals surface area (Å²) < 4.78 is 57.7. The molecule has 3 N–H and O–H groups in total. The number of carboxylic acids is 2. The molecular weight excluding hydrogens is 271 g/mol. The van der Waals surface area contributed by atoms with Crippen LogP contribution in [-0.4, -0.2) is 42.1 Å². The topological polar surface area (TPSA) is 121 Å². The van der Waals surface area contributed by atoms with E-state index in [0.717, 1.165) is 4.72 Å². The molecular formula is C6H8F3NO6S. The Morgan fingerprint density at radius 1 is 1.24 bits per heavy atom. The number of rotatable bonds is 6. The first kappa shape index (κ1) is 15.6. The standard InChI is InChI=1S/C6H8F3NO6S/c7-6(8,9)17(15,16)10-3(5(13)14)1-2-4(11)12/h3,10H,1-2H2,(H,11,12)(H,13,14)/t3-/m0/s1. The number of hydrogen-bond acceptors (Lipinski definition) is 4. The number of sulfonamides is 1. The van der Waals surface area contributed by atoms with Gasteiger partial charge in [-0.3, -0.25) is 9.59 Å². The van der Waals surface area contributed by atoms with E-state index in [9.17, 15) is 31.2 Å². The second kappa shape index (κ2) is 5.31. The van der Waals surface area contributed by atoms with E-state index in [1.807, 2.05) is 0 Å². The lowest BCUT2D eigenvalue weighted by atomic mass is 10.2. The highest BCUT2D eigenvalue weighted by atomic mass is 32.2. The van der Waals surface area contributed by atoms with Crippen LogP contribution in [0.4, 0.5) is 13.2 Å². The third-order valence-corrected chi connectivity index (χ3v) is 2.75. The van der Waals surface area contributed by atoms with Crippen molar-refractivity contribution >= 4 is 22.0 Å². The maximum atomic E-state index is 11.9. The number of aliphatic carboxylic acids is 2. The minimum absolute atomic E-state index is 0.780. The summed E-state index contributed by atoms with van der Waals surface area (Å²) in [6, 6.07) is -2.14. The van der Waals surface area contributed by atoms with Gasteiger partial charge < -0.3 is 10.2 Å². The molecule has 0 aromatic carbocycles. The van der Waals surface area contributed by atoms with E-state index in [4.69, 9.17) is 10.2 Å². The molecule has 0 saturated heterocycles. The minimum Gasteiger partial charge on any atom is -0.481 e. The van der Waals surface area contributed by atoms with Crippen LogP contribution in [0.1, 0.15) is 12.8 Å². The van der Waals surface area contributed by atoms with Crippen LogP contribution >= 0.6 is 0 Å². The summed E-state index contributed by atoms with van der Waals surface area (Å²) in [7, 11) is -5.81. The Bertz CT molecular complexity index is 402. The Hall–Kier alpha value is -1.36. The molecule has 0 spiro atoms. The molecule has 0 heterocycles. The lowest BCUT2D eigenvalue weighted by molar-refractivity contribution is -0.140. The van der Waals surface area contributed by atoms with Gasteiger partial charge in [0.1, 0.15) is 6.04 Å². The van der Waals surface area contributed by atoms with Crippen molar-refractivity contribution in [3.63, 3.8) is 0 Å². The first-order valence-corrected chi connectivity index (χ1v) is 5.49. The van der Waals surface area contributed by atoms with E-state index in [1.165, 1.54) is 0 Å². The zero-order valence-corrected chi connectivity index (χ0v) is 8.88. The molecule has 0 aliphatic heterocycles. The van der Waals surface area contributed by atoms with Crippen LogP contribution in [0.3, 0.4) is 0 Å².